The van der Waals surface area contributed by atoms with Crippen LogP contribution in [0.25, 0.3) is 5.71 Å². The molecule has 0 saturated heterocycles. The van der Waals surface area contributed by atoms with E-state index >= 15 is 0 Å². The maximum atomic E-state index is 5.46. The molecule has 5 heteroatoms. The molecule has 0 unspecified atom stereocenters. The van der Waals surface area contributed by atoms with Gasteiger partial charge in [0.2, 0.25) is 5.71 Å². The van der Waals surface area contributed by atoms with E-state index in [0.717, 1.165) is 0 Å². The van der Waals surface area contributed by atoms with Crippen molar-refractivity contribution in [2.24, 2.45) is 0 Å². The highest BCUT2D eigenvalue weighted by Gasteiger charge is 2.05. The number of hydrogen-bond donors (Lipinski definition) is 2. The molecule has 0 saturated carbocycles. The van der Waals surface area contributed by atoms with Crippen LogP contribution < -0.4 is 11.5 Å². The Morgan fingerprint density at radius 1 is 1.50 bits per heavy atom. The molecule has 52 valence electrons. The highest BCUT2D eigenvalue weighted by molar-refractivity contribution is 5.63. The molecule has 2 rings (SSSR count). The van der Waals surface area contributed by atoms with Gasteiger partial charge in [0.05, 0.1) is 6.20 Å². The minimum absolute atomic E-state index is 0.451. The lowest BCUT2D eigenvalue weighted by atomic mass is 10.6. The molecule has 4 N–H and O–H groups in total. The zero-order chi connectivity index (χ0) is 7.14. The standard InChI is InChI=1S/C5H6N4O/c6-3-1-8-9-4(7)2-10-5(3)9/h1-2H,6-7H2. The lowest BCUT2D eigenvalue weighted by Gasteiger charge is -1.80. The Kier molecular flexibility index (Phi) is 0.743. The van der Waals surface area contributed by atoms with E-state index in [1.807, 2.05) is 0 Å². The second-order valence-corrected chi connectivity index (χ2v) is 1.98. The summed E-state index contributed by atoms with van der Waals surface area (Å²) in [6, 6.07) is 0. The number of oxazole rings is 1. The third-order valence-corrected chi connectivity index (χ3v) is 1.29. The smallest absolute Gasteiger partial charge is 0.247 e. The second-order valence-electron chi connectivity index (χ2n) is 1.98. The maximum absolute atomic E-state index is 5.46. The third-order valence-electron chi connectivity index (χ3n) is 1.29. The normalized spacial score (nSPS) is 10.8. The Labute approximate surface area is 56.2 Å². The van der Waals surface area contributed by atoms with Crippen LogP contribution in [-0.2, 0) is 0 Å². The summed E-state index contributed by atoms with van der Waals surface area (Å²) in [5, 5.41) is 3.85. The Bertz CT molecular complexity index is 324. The fourth-order valence-electron chi connectivity index (χ4n) is 0.818. The van der Waals surface area contributed by atoms with Crippen molar-refractivity contribution in [3.63, 3.8) is 0 Å². The molecule has 2 aromatic heterocycles. The van der Waals surface area contributed by atoms with Crippen LogP contribution in [0.2, 0.25) is 0 Å². The first-order valence-corrected chi connectivity index (χ1v) is 2.75. The fraction of sp³-hybridized carbons (Fsp3) is 0. The van der Waals surface area contributed by atoms with Crippen LogP contribution in [0.5, 0.6) is 0 Å². The molecule has 2 heterocycles. The van der Waals surface area contributed by atoms with Crippen LogP contribution >= 0.6 is 0 Å². The van der Waals surface area contributed by atoms with Crippen molar-refractivity contribution in [3.8, 4) is 0 Å². The third kappa shape index (κ3) is 0.439. The molecule has 0 spiro atoms. The highest BCUT2D eigenvalue weighted by atomic mass is 16.3. The van der Waals surface area contributed by atoms with E-state index in [4.69, 9.17) is 15.9 Å². The van der Waals surface area contributed by atoms with Crippen LogP contribution in [0.4, 0.5) is 11.5 Å². The molecule has 5 nitrogen and oxygen atoms in total. The van der Waals surface area contributed by atoms with Crippen LogP contribution in [0.3, 0.4) is 0 Å². The van der Waals surface area contributed by atoms with Gasteiger partial charge in [0, 0.05) is 0 Å². The predicted molar refractivity (Wildman–Crippen MR) is 36.3 cm³/mol. The van der Waals surface area contributed by atoms with E-state index in [1.165, 1.54) is 17.0 Å². The molecule has 0 aliphatic rings. The molecular formula is C5H6N4O. The lowest BCUT2D eigenvalue weighted by molar-refractivity contribution is 0.608. The van der Waals surface area contributed by atoms with Gasteiger partial charge in [-0.15, -0.1) is 0 Å². The molecule has 2 aromatic rings. The second kappa shape index (κ2) is 1.44. The summed E-state index contributed by atoms with van der Waals surface area (Å²) in [5.41, 5.74) is 11.9. The van der Waals surface area contributed by atoms with Crippen LogP contribution in [0.15, 0.2) is 16.9 Å². The number of fused-ring (bicyclic) bond motifs is 1. The maximum Gasteiger partial charge on any atom is 0.247 e. The van der Waals surface area contributed by atoms with E-state index in [1.54, 1.807) is 0 Å². The van der Waals surface area contributed by atoms with Gasteiger partial charge in [0.25, 0.3) is 0 Å². The van der Waals surface area contributed by atoms with Crippen molar-refractivity contribution in [1.82, 2.24) is 9.61 Å². The van der Waals surface area contributed by atoms with E-state index in [-0.39, 0.29) is 0 Å². The quantitative estimate of drug-likeness (QED) is 0.540. The average molecular weight is 138 g/mol. The van der Waals surface area contributed by atoms with Crippen molar-refractivity contribution in [2.75, 3.05) is 11.5 Å². The molecular weight excluding hydrogens is 132 g/mol. The number of rotatable bonds is 0. The molecule has 0 aliphatic heterocycles. The van der Waals surface area contributed by atoms with Crippen molar-refractivity contribution in [2.45, 2.75) is 0 Å². The van der Waals surface area contributed by atoms with E-state index in [2.05, 4.69) is 5.10 Å². The van der Waals surface area contributed by atoms with Crippen molar-refractivity contribution in [3.05, 3.63) is 12.5 Å². The van der Waals surface area contributed by atoms with E-state index < -0.39 is 0 Å². The number of nitrogens with zero attached hydrogens (tertiary/aromatic N) is 2. The number of nitrogen functional groups attached to an aromatic ring is 2. The molecule has 10 heavy (non-hydrogen) atoms. The summed E-state index contributed by atoms with van der Waals surface area (Å²) in [4.78, 5) is 0. The Hall–Kier alpha value is -1.65. The monoisotopic (exact) mass is 138 g/mol. The summed E-state index contributed by atoms with van der Waals surface area (Å²) in [6.45, 7) is 0. The first kappa shape index (κ1) is 5.16. The van der Waals surface area contributed by atoms with Crippen molar-refractivity contribution in [1.29, 1.82) is 0 Å². The highest BCUT2D eigenvalue weighted by Crippen LogP contribution is 2.16. The van der Waals surface area contributed by atoms with Gasteiger partial charge in [-0.2, -0.15) is 9.61 Å². The fourth-order valence-corrected chi connectivity index (χ4v) is 0.818. The summed E-state index contributed by atoms with van der Waals surface area (Å²) in [5.74, 6) is 0.451. The number of aromatic nitrogens is 2. The average Bonchev–Trinajstić information content (AvgIpc) is 2.41. The first-order chi connectivity index (χ1) is 4.79. The van der Waals surface area contributed by atoms with Gasteiger partial charge in [0.15, 0.2) is 5.82 Å². The summed E-state index contributed by atoms with van der Waals surface area (Å²) in [6.07, 6.45) is 2.90. The van der Waals surface area contributed by atoms with E-state index in [9.17, 15) is 0 Å². The Morgan fingerprint density at radius 2 is 2.30 bits per heavy atom. The van der Waals surface area contributed by atoms with Gasteiger partial charge >= 0.3 is 0 Å². The zero-order valence-corrected chi connectivity index (χ0v) is 5.11. The minimum atomic E-state index is 0.451. The SMILES string of the molecule is Nc1cnn2c(N)coc12. The van der Waals surface area contributed by atoms with Gasteiger partial charge < -0.3 is 15.9 Å². The molecule has 0 amide bonds. The van der Waals surface area contributed by atoms with E-state index in [0.29, 0.717) is 17.2 Å². The lowest BCUT2D eigenvalue weighted by Crippen LogP contribution is -1.91. The topological polar surface area (TPSA) is 82.5 Å². The largest absolute Gasteiger partial charge is 0.441 e. The van der Waals surface area contributed by atoms with Gasteiger partial charge in [-0.25, -0.2) is 0 Å². The first-order valence-electron chi connectivity index (χ1n) is 2.75. The van der Waals surface area contributed by atoms with Crippen LogP contribution in [0.1, 0.15) is 0 Å². The van der Waals surface area contributed by atoms with Gasteiger partial charge in [0.1, 0.15) is 12.0 Å². The summed E-state index contributed by atoms with van der Waals surface area (Å²) < 4.78 is 6.41. The van der Waals surface area contributed by atoms with Gasteiger partial charge in [-0.05, 0) is 0 Å². The zero-order valence-electron chi connectivity index (χ0n) is 5.11. The molecule has 0 bridgehead atoms. The Morgan fingerprint density at radius 3 is 3.00 bits per heavy atom. The van der Waals surface area contributed by atoms with Crippen molar-refractivity contribution < 1.29 is 4.42 Å². The molecule has 0 fully saturated rings. The number of nitrogens with two attached hydrogens (primary N) is 2. The minimum Gasteiger partial charge on any atom is -0.441 e. The predicted octanol–water partition coefficient (Wildman–Crippen LogP) is 0.0917. The van der Waals surface area contributed by atoms with Crippen LogP contribution in [-0.4, -0.2) is 9.61 Å². The van der Waals surface area contributed by atoms with Gasteiger partial charge in [-0.1, -0.05) is 0 Å². The summed E-state index contributed by atoms with van der Waals surface area (Å²) >= 11 is 0. The molecule has 0 aliphatic carbocycles. The number of anilines is 2. The Balaban J connectivity index is 2.95. The number of hydrogen-bond acceptors (Lipinski definition) is 4. The molecule has 0 atom stereocenters. The molecule has 0 radical (unpaired) electrons. The summed E-state index contributed by atoms with van der Waals surface area (Å²) in [7, 11) is 0. The van der Waals surface area contributed by atoms with Crippen molar-refractivity contribution >= 4 is 17.2 Å². The molecule has 0 aromatic carbocycles. The van der Waals surface area contributed by atoms with Crippen LogP contribution in [0, 0.1) is 0 Å². The van der Waals surface area contributed by atoms with Gasteiger partial charge in [-0.3, -0.25) is 0 Å².